The molecule has 0 bridgehead atoms. The normalized spacial score (nSPS) is 22.7. The Morgan fingerprint density at radius 2 is 1.58 bits per heavy atom. The first-order valence-electron chi connectivity index (χ1n) is 9.45. The van der Waals surface area contributed by atoms with Gasteiger partial charge in [-0.2, -0.15) is 0 Å². The zero-order chi connectivity index (χ0) is 17.4. The minimum atomic E-state index is -1.73. The maximum atomic E-state index is 6.90. The van der Waals surface area contributed by atoms with Crippen LogP contribution >= 0.6 is 0 Å². The lowest BCUT2D eigenvalue weighted by molar-refractivity contribution is 0.115. The number of benzene rings is 2. The third-order valence-corrected chi connectivity index (χ3v) is 10.7. The SMILES string of the molecule is CC(C)(C)[Si](C)(C)O[C@@H]1CCCC[C@H]1c1cccc2ccccc12. The molecule has 3 rings (SSSR count). The van der Waals surface area contributed by atoms with Gasteiger partial charge in [0.2, 0.25) is 0 Å². The van der Waals surface area contributed by atoms with Crippen LogP contribution in [0.1, 0.15) is 57.9 Å². The van der Waals surface area contributed by atoms with Crippen molar-refractivity contribution in [3.63, 3.8) is 0 Å². The summed E-state index contributed by atoms with van der Waals surface area (Å²) >= 11 is 0. The maximum absolute atomic E-state index is 6.90. The highest BCUT2D eigenvalue weighted by Gasteiger charge is 2.41. The summed E-state index contributed by atoms with van der Waals surface area (Å²) in [7, 11) is -1.73. The number of rotatable bonds is 3. The fourth-order valence-electron chi connectivity index (χ4n) is 3.72. The fourth-order valence-corrected chi connectivity index (χ4v) is 5.12. The van der Waals surface area contributed by atoms with Gasteiger partial charge in [0.25, 0.3) is 0 Å². The Morgan fingerprint density at radius 3 is 2.33 bits per heavy atom. The third kappa shape index (κ3) is 3.45. The largest absolute Gasteiger partial charge is 0.413 e. The van der Waals surface area contributed by atoms with E-state index in [1.807, 2.05) is 0 Å². The topological polar surface area (TPSA) is 9.23 Å². The van der Waals surface area contributed by atoms with Crippen LogP contribution < -0.4 is 0 Å². The Balaban J connectivity index is 1.95. The molecular weight excluding hydrogens is 308 g/mol. The summed E-state index contributed by atoms with van der Waals surface area (Å²) in [5.74, 6) is 0.541. The van der Waals surface area contributed by atoms with Gasteiger partial charge >= 0.3 is 0 Å². The molecule has 130 valence electrons. The lowest BCUT2D eigenvalue weighted by atomic mass is 9.80. The molecule has 0 saturated heterocycles. The van der Waals surface area contributed by atoms with E-state index in [0.29, 0.717) is 12.0 Å². The molecule has 0 aliphatic heterocycles. The summed E-state index contributed by atoms with van der Waals surface area (Å²) in [6, 6.07) is 15.6. The van der Waals surface area contributed by atoms with Crippen molar-refractivity contribution in [1.29, 1.82) is 0 Å². The second-order valence-corrected chi connectivity index (χ2v) is 13.6. The van der Waals surface area contributed by atoms with Crippen molar-refractivity contribution in [2.75, 3.05) is 0 Å². The molecule has 1 fully saturated rings. The Bertz CT molecular complexity index is 693. The first kappa shape index (κ1) is 17.7. The molecule has 1 nitrogen and oxygen atoms in total. The molecule has 0 spiro atoms. The van der Waals surface area contributed by atoms with E-state index in [0.717, 1.165) is 0 Å². The fraction of sp³-hybridized carbons (Fsp3) is 0.545. The van der Waals surface area contributed by atoms with E-state index in [9.17, 15) is 0 Å². The number of hydrogen-bond acceptors (Lipinski definition) is 1. The molecule has 0 heterocycles. The summed E-state index contributed by atoms with van der Waals surface area (Å²) in [6.07, 6.45) is 5.48. The van der Waals surface area contributed by atoms with Crippen LogP contribution in [0.3, 0.4) is 0 Å². The Kier molecular flexibility index (Phi) is 4.90. The van der Waals surface area contributed by atoms with Crippen LogP contribution in [-0.4, -0.2) is 14.4 Å². The van der Waals surface area contributed by atoms with E-state index >= 15 is 0 Å². The molecule has 1 saturated carbocycles. The van der Waals surface area contributed by atoms with Gasteiger partial charge in [-0.3, -0.25) is 0 Å². The molecule has 0 radical (unpaired) electrons. The highest BCUT2D eigenvalue weighted by atomic mass is 28.4. The quantitative estimate of drug-likeness (QED) is 0.553. The molecule has 24 heavy (non-hydrogen) atoms. The van der Waals surface area contributed by atoms with Crippen molar-refractivity contribution in [1.82, 2.24) is 0 Å². The van der Waals surface area contributed by atoms with Crippen LogP contribution in [0.2, 0.25) is 18.1 Å². The van der Waals surface area contributed by atoms with E-state index in [1.165, 1.54) is 42.0 Å². The minimum Gasteiger partial charge on any atom is -0.413 e. The standard InChI is InChI=1S/C22H32OSi/c1-22(2,3)24(4,5)23-21-16-9-8-14-20(21)19-15-10-12-17-11-6-7-13-18(17)19/h6-7,10-13,15,20-21H,8-9,14,16H2,1-5H3/t20-,21+/m0/s1. The van der Waals surface area contributed by atoms with Gasteiger partial charge in [-0.05, 0) is 47.3 Å². The van der Waals surface area contributed by atoms with Gasteiger partial charge < -0.3 is 4.43 Å². The van der Waals surface area contributed by atoms with Gasteiger partial charge in [0.05, 0.1) is 6.10 Å². The lowest BCUT2D eigenvalue weighted by Crippen LogP contribution is -2.46. The summed E-state index contributed by atoms with van der Waals surface area (Å²) in [5, 5.41) is 3.04. The average Bonchev–Trinajstić information content (AvgIpc) is 2.53. The maximum Gasteiger partial charge on any atom is 0.192 e. The van der Waals surface area contributed by atoms with Crippen molar-refractivity contribution >= 4 is 19.1 Å². The first-order valence-corrected chi connectivity index (χ1v) is 12.4. The van der Waals surface area contributed by atoms with E-state index < -0.39 is 8.32 Å². The second kappa shape index (κ2) is 6.65. The Morgan fingerprint density at radius 1 is 0.917 bits per heavy atom. The van der Waals surface area contributed by atoms with Gasteiger partial charge in [-0.1, -0.05) is 76.1 Å². The van der Waals surface area contributed by atoms with Gasteiger partial charge in [0, 0.05) is 5.92 Å². The summed E-state index contributed by atoms with van der Waals surface area (Å²) in [4.78, 5) is 0. The smallest absolute Gasteiger partial charge is 0.192 e. The highest BCUT2D eigenvalue weighted by molar-refractivity contribution is 6.74. The van der Waals surface area contributed by atoms with Crippen molar-refractivity contribution in [3.8, 4) is 0 Å². The Hall–Kier alpha value is -1.12. The lowest BCUT2D eigenvalue weighted by Gasteiger charge is -2.43. The van der Waals surface area contributed by atoms with Gasteiger partial charge in [-0.15, -0.1) is 0 Å². The summed E-state index contributed by atoms with van der Waals surface area (Å²) < 4.78 is 6.90. The van der Waals surface area contributed by atoms with Crippen LogP contribution in [0.15, 0.2) is 42.5 Å². The molecule has 2 aromatic rings. The van der Waals surface area contributed by atoms with Crippen LogP contribution in [-0.2, 0) is 4.43 Å². The van der Waals surface area contributed by atoms with Crippen LogP contribution in [0.5, 0.6) is 0 Å². The Labute approximate surface area is 148 Å². The summed E-state index contributed by atoms with van der Waals surface area (Å²) in [5.41, 5.74) is 1.50. The van der Waals surface area contributed by atoms with E-state index in [1.54, 1.807) is 0 Å². The van der Waals surface area contributed by atoms with Crippen LogP contribution in [0, 0.1) is 0 Å². The van der Waals surface area contributed by atoms with Gasteiger partial charge in [-0.25, -0.2) is 0 Å². The van der Waals surface area contributed by atoms with Crippen molar-refractivity contribution in [2.24, 2.45) is 0 Å². The molecule has 0 N–H and O–H groups in total. The molecule has 2 heteroatoms. The van der Waals surface area contributed by atoms with E-state index in [4.69, 9.17) is 4.43 Å². The highest BCUT2D eigenvalue weighted by Crippen LogP contribution is 2.43. The molecule has 0 unspecified atom stereocenters. The predicted molar refractivity (Wildman–Crippen MR) is 107 cm³/mol. The van der Waals surface area contributed by atoms with Crippen LogP contribution in [0.4, 0.5) is 0 Å². The number of fused-ring (bicyclic) bond motifs is 1. The van der Waals surface area contributed by atoms with Crippen molar-refractivity contribution < 1.29 is 4.43 Å². The van der Waals surface area contributed by atoms with Crippen LogP contribution in [0.25, 0.3) is 10.8 Å². The third-order valence-electron chi connectivity index (χ3n) is 6.18. The molecule has 0 amide bonds. The van der Waals surface area contributed by atoms with Gasteiger partial charge in [0.1, 0.15) is 0 Å². The second-order valence-electron chi connectivity index (χ2n) is 8.88. The monoisotopic (exact) mass is 340 g/mol. The zero-order valence-electron chi connectivity index (χ0n) is 15.9. The van der Waals surface area contributed by atoms with Crippen molar-refractivity contribution in [3.05, 3.63) is 48.0 Å². The molecule has 1 aliphatic rings. The minimum absolute atomic E-state index is 0.272. The van der Waals surface area contributed by atoms with E-state index in [2.05, 4.69) is 76.3 Å². The zero-order valence-corrected chi connectivity index (χ0v) is 16.9. The first-order chi connectivity index (χ1) is 11.3. The molecule has 2 aromatic carbocycles. The predicted octanol–water partition coefficient (Wildman–Crippen LogP) is 6.89. The summed E-state index contributed by atoms with van der Waals surface area (Å²) in [6.45, 7) is 11.8. The van der Waals surface area contributed by atoms with Crippen molar-refractivity contribution in [2.45, 2.75) is 76.6 Å². The average molecular weight is 341 g/mol. The molecule has 0 aromatic heterocycles. The number of hydrogen-bond donors (Lipinski definition) is 0. The molecule has 2 atom stereocenters. The van der Waals surface area contributed by atoms with Gasteiger partial charge in [0.15, 0.2) is 8.32 Å². The van der Waals surface area contributed by atoms with E-state index in [-0.39, 0.29) is 5.04 Å². The molecule has 1 aliphatic carbocycles. The molecular formula is C22H32OSi.